The van der Waals surface area contributed by atoms with E-state index >= 15 is 0 Å². The van der Waals surface area contributed by atoms with Crippen molar-refractivity contribution in [2.75, 3.05) is 19.8 Å². The van der Waals surface area contributed by atoms with Crippen LogP contribution in [-0.2, 0) is 14.3 Å². The van der Waals surface area contributed by atoms with Crippen LogP contribution in [0.15, 0.2) is 76.2 Å². The number of esters is 2. The molecule has 10 heteroatoms. The number of fused-ring (bicyclic) bond motifs is 1. The van der Waals surface area contributed by atoms with E-state index in [1.165, 1.54) is 22.8 Å². The summed E-state index contributed by atoms with van der Waals surface area (Å²) in [4.78, 5) is 43.3. The van der Waals surface area contributed by atoms with Crippen molar-refractivity contribution in [2.24, 2.45) is 4.99 Å². The molecule has 0 aliphatic carbocycles. The fourth-order valence-corrected chi connectivity index (χ4v) is 5.33. The third-order valence-electron chi connectivity index (χ3n) is 5.90. The lowest BCUT2D eigenvalue weighted by Gasteiger charge is -2.25. The first kappa shape index (κ1) is 28.6. The topological polar surface area (TPSA) is 105 Å². The third kappa shape index (κ3) is 6.07. The van der Waals surface area contributed by atoms with E-state index in [2.05, 4.69) is 11.6 Å². The average Bonchev–Trinajstić information content (AvgIpc) is 3.22. The van der Waals surface area contributed by atoms with Gasteiger partial charge in [0.05, 0.1) is 35.1 Å². The summed E-state index contributed by atoms with van der Waals surface area (Å²) >= 11 is 1.22. The molecule has 4 rings (SSSR count). The van der Waals surface area contributed by atoms with E-state index < -0.39 is 18.0 Å². The highest BCUT2D eigenvalue weighted by molar-refractivity contribution is 7.07. The van der Waals surface area contributed by atoms with Crippen LogP contribution in [0.1, 0.15) is 44.9 Å². The number of benzene rings is 2. The average molecular weight is 563 g/mol. The SMILES string of the molecule is C=CCOc1ccc(C2C(C(=O)OCC)=C(C)N=c3s/c(=C\c4ccc(OC(C)=O)cc4)c(=O)n32)cc1OCC. The van der Waals surface area contributed by atoms with Crippen molar-refractivity contribution >= 4 is 29.4 Å². The van der Waals surface area contributed by atoms with E-state index in [0.29, 0.717) is 51.1 Å². The van der Waals surface area contributed by atoms with Gasteiger partial charge in [-0.3, -0.25) is 14.2 Å². The normalized spacial score (nSPS) is 14.7. The van der Waals surface area contributed by atoms with Crippen LogP contribution in [0.25, 0.3) is 6.08 Å². The molecule has 0 bridgehead atoms. The van der Waals surface area contributed by atoms with Gasteiger partial charge in [0.25, 0.3) is 5.56 Å². The number of nitrogens with zero attached hydrogens (tertiary/aromatic N) is 2. The summed E-state index contributed by atoms with van der Waals surface area (Å²) in [5.41, 5.74) is 1.81. The molecule has 1 aliphatic rings. The minimum Gasteiger partial charge on any atom is -0.490 e. The van der Waals surface area contributed by atoms with Crippen LogP contribution >= 0.6 is 11.3 Å². The van der Waals surface area contributed by atoms with Crippen molar-refractivity contribution in [3.8, 4) is 17.2 Å². The van der Waals surface area contributed by atoms with Crippen LogP contribution in [0, 0.1) is 0 Å². The number of carbonyl (C=O) groups is 2. The maximum Gasteiger partial charge on any atom is 0.338 e. The van der Waals surface area contributed by atoms with Crippen molar-refractivity contribution in [3.05, 3.63) is 97.2 Å². The van der Waals surface area contributed by atoms with E-state index in [1.807, 2.05) is 6.92 Å². The first-order valence-electron chi connectivity index (χ1n) is 12.8. The zero-order chi connectivity index (χ0) is 28.8. The van der Waals surface area contributed by atoms with Crippen molar-refractivity contribution in [1.82, 2.24) is 4.57 Å². The van der Waals surface area contributed by atoms with Crippen molar-refractivity contribution < 1.29 is 28.5 Å². The molecule has 2 aromatic carbocycles. The van der Waals surface area contributed by atoms with Gasteiger partial charge in [0, 0.05) is 6.92 Å². The highest BCUT2D eigenvalue weighted by Crippen LogP contribution is 2.36. The molecule has 0 saturated carbocycles. The van der Waals surface area contributed by atoms with E-state index in [9.17, 15) is 14.4 Å². The lowest BCUT2D eigenvalue weighted by Crippen LogP contribution is -2.40. The summed E-state index contributed by atoms with van der Waals surface area (Å²) in [6.45, 7) is 11.2. The summed E-state index contributed by atoms with van der Waals surface area (Å²) in [7, 11) is 0. The van der Waals surface area contributed by atoms with Gasteiger partial charge in [-0.15, -0.1) is 0 Å². The second kappa shape index (κ2) is 12.6. The van der Waals surface area contributed by atoms with Gasteiger partial charge in [0.2, 0.25) is 0 Å². The number of allylic oxidation sites excluding steroid dienone is 1. The van der Waals surface area contributed by atoms with Crippen LogP contribution in [0.5, 0.6) is 17.2 Å². The fourth-order valence-electron chi connectivity index (χ4n) is 4.29. The summed E-state index contributed by atoms with van der Waals surface area (Å²) in [5.74, 6) is 0.449. The van der Waals surface area contributed by atoms with Crippen LogP contribution in [0.2, 0.25) is 0 Å². The summed E-state index contributed by atoms with van der Waals surface area (Å²) in [6, 6.07) is 11.3. The van der Waals surface area contributed by atoms with Crippen molar-refractivity contribution in [1.29, 1.82) is 0 Å². The molecule has 3 aromatic rings. The Balaban J connectivity index is 1.88. The Morgan fingerprint density at radius 1 is 1.07 bits per heavy atom. The monoisotopic (exact) mass is 562 g/mol. The van der Waals surface area contributed by atoms with E-state index in [4.69, 9.17) is 18.9 Å². The number of ether oxygens (including phenoxy) is 4. The Bertz CT molecular complexity index is 1650. The summed E-state index contributed by atoms with van der Waals surface area (Å²) in [5, 5.41) is 0. The van der Waals surface area contributed by atoms with Gasteiger partial charge in [0.15, 0.2) is 16.3 Å². The third-order valence-corrected chi connectivity index (χ3v) is 6.88. The Hall–Kier alpha value is -4.44. The maximum atomic E-state index is 13.8. The minimum absolute atomic E-state index is 0.175. The quantitative estimate of drug-likeness (QED) is 0.211. The molecule has 2 heterocycles. The first-order valence-corrected chi connectivity index (χ1v) is 13.6. The van der Waals surface area contributed by atoms with Gasteiger partial charge in [-0.25, -0.2) is 9.79 Å². The number of hydrogen-bond acceptors (Lipinski definition) is 9. The molecule has 0 amide bonds. The molecule has 0 fully saturated rings. The predicted octanol–water partition coefficient (Wildman–Crippen LogP) is 3.69. The van der Waals surface area contributed by atoms with Crippen LogP contribution in [0.4, 0.5) is 0 Å². The van der Waals surface area contributed by atoms with Gasteiger partial charge in [-0.1, -0.05) is 42.2 Å². The number of aromatic nitrogens is 1. The second-order valence-electron chi connectivity index (χ2n) is 8.70. The van der Waals surface area contributed by atoms with Crippen molar-refractivity contribution in [2.45, 2.75) is 33.7 Å². The molecule has 1 aliphatic heterocycles. The van der Waals surface area contributed by atoms with Crippen LogP contribution < -0.4 is 29.1 Å². The zero-order valence-electron chi connectivity index (χ0n) is 22.8. The minimum atomic E-state index is -0.795. The molecule has 0 N–H and O–H groups in total. The van der Waals surface area contributed by atoms with E-state index in [0.717, 1.165) is 5.56 Å². The van der Waals surface area contributed by atoms with E-state index in [-0.39, 0.29) is 17.7 Å². The molecule has 9 nitrogen and oxygen atoms in total. The van der Waals surface area contributed by atoms with Gasteiger partial charge in [-0.2, -0.15) is 0 Å². The molecule has 0 radical (unpaired) electrons. The van der Waals surface area contributed by atoms with Gasteiger partial charge < -0.3 is 18.9 Å². The number of hydrogen-bond donors (Lipinski definition) is 0. The fraction of sp³-hybridized carbons (Fsp3) is 0.267. The largest absolute Gasteiger partial charge is 0.490 e. The van der Waals surface area contributed by atoms with Crippen LogP contribution in [-0.4, -0.2) is 36.3 Å². The second-order valence-corrected chi connectivity index (χ2v) is 9.71. The summed E-state index contributed by atoms with van der Waals surface area (Å²) < 4.78 is 24.0. The Kier molecular flexibility index (Phi) is 9.00. The molecule has 40 heavy (non-hydrogen) atoms. The van der Waals surface area contributed by atoms with Gasteiger partial charge >= 0.3 is 11.9 Å². The Morgan fingerprint density at radius 2 is 1.82 bits per heavy atom. The lowest BCUT2D eigenvalue weighted by molar-refractivity contribution is -0.139. The Labute approximate surface area is 235 Å². The predicted molar refractivity (Wildman–Crippen MR) is 151 cm³/mol. The highest BCUT2D eigenvalue weighted by Gasteiger charge is 2.34. The molecule has 208 valence electrons. The maximum absolute atomic E-state index is 13.8. The van der Waals surface area contributed by atoms with Gasteiger partial charge in [0.1, 0.15) is 12.4 Å². The standard InChI is InChI=1S/C30H30N2O7S/c1-6-15-38-23-14-11-21(17-24(23)36-7-2)27-26(29(35)37-8-3)18(4)31-30-32(27)28(34)25(40-30)16-20-9-12-22(13-10-20)39-19(5)33/h6,9-14,16-17,27H,1,7-8,15H2,2-5H3/b25-16-. The lowest BCUT2D eigenvalue weighted by atomic mass is 9.95. The summed E-state index contributed by atoms with van der Waals surface area (Å²) in [6.07, 6.45) is 3.37. The molecular formula is C30H30N2O7S. The Morgan fingerprint density at radius 3 is 2.48 bits per heavy atom. The molecular weight excluding hydrogens is 532 g/mol. The zero-order valence-corrected chi connectivity index (χ0v) is 23.6. The first-order chi connectivity index (χ1) is 19.3. The van der Waals surface area contributed by atoms with E-state index in [1.54, 1.807) is 68.5 Å². The van der Waals surface area contributed by atoms with Crippen LogP contribution in [0.3, 0.4) is 0 Å². The molecule has 1 atom stereocenters. The number of carbonyl (C=O) groups excluding carboxylic acids is 2. The van der Waals surface area contributed by atoms with Gasteiger partial charge in [-0.05, 0) is 62.2 Å². The van der Waals surface area contributed by atoms with Crippen molar-refractivity contribution in [3.63, 3.8) is 0 Å². The number of thiazole rings is 1. The highest BCUT2D eigenvalue weighted by atomic mass is 32.1. The molecule has 1 unspecified atom stereocenters. The molecule has 0 spiro atoms. The smallest absolute Gasteiger partial charge is 0.338 e. The molecule has 1 aromatic heterocycles. The molecule has 0 saturated heterocycles. The number of rotatable bonds is 10.